The predicted octanol–water partition coefficient (Wildman–Crippen LogP) is 4.56. The van der Waals surface area contributed by atoms with Gasteiger partial charge in [0.05, 0.1) is 32.7 Å². The molecule has 152 valence electrons. The van der Waals surface area contributed by atoms with Crippen LogP contribution in [0.2, 0.25) is 5.02 Å². The van der Waals surface area contributed by atoms with E-state index in [1.807, 2.05) is 0 Å². The second-order valence-electron chi connectivity index (χ2n) is 5.79. The predicted molar refractivity (Wildman–Crippen MR) is 107 cm³/mol. The van der Waals surface area contributed by atoms with Crippen molar-refractivity contribution in [2.45, 2.75) is 0 Å². The molecule has 0 fully saturated rings. The Morgan fingerprint density at radius 1 is 1.10 bits per heavy atom. The molecule has 3 rings (SSSR count). The lowest BCUT2D eigenvalue weighted by Gasteiger charge is -2.02. The molecule has 1 aromatic heterocycles. The van der Waals surface area contributed by atoms with Gasteiger partial charge >= 0.3 is 11.7 Å². The molecule has 30 heavy (non-hydrogen) atoms. The van der Waals surface area contributed by atoms with Gasteiger partial charge in [0.25, 0.3) is 5.69 Å². The lowest BCUT2D eigenvalue weighted by atomic mass is 10.1. The number of nitrogens with zero attached hydrogens (tertiary/aromatic N) is 3. The molecule has 3 aromatic rings. The summed E-state index contributed by atoms with van der Waals surface area (Å²) >= 11 is 5.85. The Kier molecular flexibility index (Phi) is 5.74. The highest BCUT2D eigenvalue weighted by Crippen LogP contribution is 2.29. The highest BCUT2D eigenvalue weighted by Gasteiger charge is 2.19. The molecule has 0 amide bonds. The molecule has 0 atom stereocenters. The summed E-state index contributed by atoms with van der Waals surface area (Å²) in [5.41, 5.74) is 1.87. The van der Waals surface area contributed by atoms with Crippen molar-refractivity contribution in [3.63, 3.8) is 0 Å². The van der Waals surface area contributed by atoms with Gasteiger partial charge in [-0.1, -0.05) is 11.6 Å². The molecule has 0 aliphatic carbocycles. The van der Waals surface area contributed by atoms with Gasteiger partial charge in [-0.2, -0.15) is 5.10 Å². The maximum atomic E-state index is 11.2. The lowest BCUT2D eigenvalue weighted by molar-refractivity contribution is -0.393. The molecule has 0 aliphatic heterocycles. The number of rotatable bonds is 7. The lowest BCUT2D eigenvalue weighted by Crippen LogP contribution is -1.98. The van der Waals surface area contributed by atoms with Crippen molar-refractivity contribution in [2.24, 2.45) is 5.10 Å². The summed E-state index contributed by atoms with van der Waals surface area (Å²) in [5.74, 6) is -0.546. The molecule has 11 nitrogen and oxygen atoms in total. The van der Waals surface area contributed by atoms with Crippen molar-refractivity contribution >= 4 is 40.8 Å². The Labute approximate surface area is 172 Å². The van der Waals surface area contributed by atoms with Crippen LogP contribution < -0.4 is 5.43 Å². The van der Waals surface area contributed by atoms with Crippen molar-refractivity contribution in [3.8, 4) is 11.3 Å². The molecule has 0 unspecified atom stereocenters. The first-order chi connectivity index (χ1) is 14.3. The van der Waals surface area contributed by atoms with E-state index in [-0.39, 0.29) is 22.0 Å². The number of aromatic carboxylic acids is 1. The van der Waals surface area contributed by atoms with E-state index in [0.29, 0.717) is 11.3 Å². The molecule has 1 heterocycles. The zero-order valence-corrected chi connectivity index (χ0v) is 15.6. The highest BCUT2D eigenvalue weighted by molar-refractivity contribution is 6.33. The number of nitrogens with one attached hydrogen (secondary N) is 1. The third kappa shape index (κ3) is 4.42. The van der Waals surface area contributed by atoms with Crippen LogP contribution in [0.5, 0.6) is 0 Å². The Bertz CT molecular complexity index is 1190. The number of carbonyl (C=O) groups is 1. The van der Waals surface area contributed by atoms with E-state index in [1.165, 1.54) is 24.4 Å². The third-order valence-electron chi connectivity index (χ3n) is 3.87. The number of carboxylic acid groups (broad SMARTS) is 1. The summed E-state index contributed by atoms with van der Waals surface area (Å²) in [6.07, 6.45) is 1.24. The zero-order chi connectivity index (χ0) is 21.8. The highest BCUT2D eigenvalue weighted by atomic mass is 35.5. The first kappa shape index (κ1) is 20.5. The summed E-state index contributed by atoms with van der Waals surface area (Å²) in [4.78, 5) is 31.6. The number of furan rings is 1. The molecular formula is C18H11ClN4O7. The molecule has 2 N–H and O–H groups in total. The fourth-order valence-electron chi connectivity index (χ4n) is 2.46. The summed E-state index contributed by atoms with van der Waals surface area (Å²) in [5, 5.41) is 34.9. The minimum absolute atomic E-state index is 0.0440. The number of hydrogen-bond donors (Lipinski definition) is 2. The van der Waals surface area contributed by atoms with Crippen molar-refractivity contribution in [3.05, 3.63) is 85.1 Å². The van der Waals surface area contributed by atoms with Crippen LogP contribution in [0.4, 0.5) is 17.1 Å². The first-order valence-corrected chi connectivity index (χ1v) is 8.49. The van der Waals surface area contributed by atoms with E-state index in [4.69, 9.17) is 21.1 Å². The number of benzene rings is 2. The van der Waals surface area contributed by atoms with Crippen LogP contribution in [0.15, 0.2) is 58.0 Å². The van der Waals surface area contributed by atoms with Gasteiger partial charge in [-0.3, -0.25) is 25.7 Å². The van der Waals surface area contributed by atoms with Crippen LogP contribution in [0.25, 0.3) is 11.3 Å². The van der Waals surface area contributed by atoms with Gasteiger partial charge in [0.1, 0.15) is 17.2 Å². The number of hydrazone groups is 1. The Morgan fingerprint density at radius 3 is 2.53 bits per heavy atom. The fourth-order valence-corrected chi connectivity index (χ4v) is 2.66. The Hall–Kier alpha value is -4.25. The summed E-state index contributed by atoms with van der Waals surface area (Å²) in [6.45, 7) is 0. The van der Waals surface area contributed by atoms with Gasteiger partial charge in [0.2, 0.25) is 0 Å². The maximum Gasteiger partial charge on any atom is 0.337 e. The fraction of sp³-hybridized carbons (Fsp3) is 0. The van der Waals surface area contributed by atoms with Crippen LogP contribution in [0.1, 0.15) is 16.1 Å². The van der Waals surface area contributed by atoms with E-state index in [1.54, 1.807) is 18.2 Å². The first-order valence-electron chi connectivity index (χ1n) is 8.11. The quantitative estimate of drug-likeness (QED) is 0.313. The van der Waals surface area contributed by atoms with E-state index < -0.39 is 27.2 Å². The van der Waals surface area contributed by atoms with E-state index in [2.05, 4.69) is 10.5 Å². The number of nitro groups is 2. The largest absolute Gasteiger partial charge is 0.478 e. The number of non-ortho nitro benzene ring substituents is 1. The zero-order valence-electron chi connectivity index (χ0n) is 14.8. The molecular weight excluding hydrogens is 420 g/mol. The van der Waals surface area contributed by atoms with Gasteiger partial charge in [-0.25, -0.2) is 4.79 Å². The van der Waals surface area contributed by atoms with E-state index in [9.17, 15) is 25.0 Å². The van der Waals surface area contributed by atoms with Gasteiger partial charge in [0.15, 0.2) is 0 Å². The second kappa shape index (κ2) is 8.41. The van der Waals surface area contributed by atoms with Crippen molar-refractivity contribution < 1.29 is 24.2 Å². The van der Waals surface area contributed by atoms with E-state index >= 15 is 0 Å². The smallest absolute Gasteiger partial charge is 0.337 e. The number of halogens is 1. The molecule has 0 saturated carbocycles. The normalized spacial score (nSPS) is 10.8. The molecule has 12 heteroatoms. The van der Waals surface area contributed by atoms with Gasteiger partial charge < -0.3 is 9.52 Å². The standard InChI is InChI=1S/C18H11ClN4O7/c19-14-4-1-10(7-13(14)18(24)25)17-6-3-12(30-17)9-20-21-15-5-2-11(22(26)27)8-16(15)23(28)29/h1-9,21H,(H,24,25). The minimum atomic E-state index is -1.18. The molecule has 0 aliphatic rings. The number of hydrogen-bond acceptors (Lipinski definition) is 8. The minimum Gasteiger partial charge on any atom is -0.478 e. The summed E-state index contributed by atoms with van der Waals surface area (Å²) in [6, 6.07) is 10.6. The van der Waals surface area contributed by atoms with Gasteiger partial charge in [0, 0.05) is 11.6 Å². The number of anilines is 1. The van der Waals surface area contributed by atoms with Crippen LogP contribution in [0, 0.1) is 20.2 Å². The summed E-state index contributed by atoms with van der Waals surface area (Å²) < 4.78 is 5.56. The van der Waals surface area contributed by atoms with Crippen molar-refractivity contribution in [1.82, 2.24) is 0 Å². The molecule has 0 saturated heterocycles. The molecule has 0 radical (unpaired) electrons. The molecule has 0 spiro atoms. The maximum absolute atomic E-state index is 11.2. The van der Waals surface area contributed by atoms with Crippen molar-refractivity contribution in [2.75, 3.05) is 5.43 Å². The van der Waals surface area contributed by atoms with Gasteiger partial charge in [-0.05, 0) is 36.4 Å². The Morgan fingerprint density at radius 2 is 1.87 bits per heavy atom. The van der Waals surface area contributed by atoms with E-state index in [0.717, 1.165) is 12.1 Å². The van der Waals surface area contributed by atoms with Crippen molar-refractivity contribution in [1.29, 1.82) is 0 Å². The van der Waals surface area contributed by atoms with Crippen LogP contribution >= 0.6 is 11.6 Å². The number of nitro benzene ring substituents is 2. The number of carboxylic acids is 1. The van der Waals surface area contributed by atoms with Crippen LogP contribution in [-0.2, 0) is 0 Å². The van der Waals surface area contributed by atoms with Crippen LogP contribution in [-0.4, -0.2) is 27.1 Å². The van der Waals surface area contributed by atoms with Gasteiger partial charge in [-0.15, -0.1) is 0 Å². The second-order valence-corrected chi connectivity index (χ2v) is 6.19. The topological polar surface area (TPSA) is 161 Å². The third-order valence-corrected chi connectivity index (χ3v) is 4.20. The molecule has 0 bridgehead atoms. The average molecular weight is 431 g/mol. The Balaban J connectivity index is 1.79. The summed E-state index contributed by atoms with van der Waals surface area (Å²) in [7, 11) is 0. The SMILES string of the molecule is O=C(O)c1cc(-c2ccc(C=NNc3ccc([N+](=O)[O-])cc3[N+](=O)[O-])o2)ccc1Cl. The van der Waals surface area contributed by atoms with Crippen LogP contribution in [0.3, 0.4) is 0 Å². The average Bonchev–Trinajstić information content (AvgIpc) is 3.17. The molecule has 2 aromatic carbocycles. The monoisotopic (exact) mass is 430 g/mol.